The van der Waals surface area contributed by atoms with Crippen molar-refractivity contribution in [3.8, 4) is 0 Å². The molecule has 0 radical (unpaired) electrons. The topological polar surface area (TPSA) is 65.5 Å². The van der Waals surface area contributed by atoms with E-state index in [-0.39, 0.29) is 18.0 Å². The number of hydrogen-bond acceptors (Lipinski definition) is 3. The molecule has 0 aliphatic rings. The molecule has 1 amide bonds. The highest BCUT2D eigenvalue weighted by molar-refractivity contribution is 7.98. The van der Waals surface area contributed by atoms with Crippen LogP contribution in [-0.2, 0) is 11.3 Å². The molecule has 23 heavy (non-hydrogen) atoms. The third-order valence-corrected chi connectivity index (χ3v) is 3.86. The second-order valence-corrected chi connectivity index (χ2v) is 7.24. The van der Waals surface area contributed by atoms with Crippen LogP contribution in [0.1, 0.15) is 31.9 Å². The number of nitrogens with one attached hydrogen (secondary N) is 3. The Labute approximate surface area is 143 Å². The Morgan fingerprint density at radius 1 is 1.26 bits per heavy atom. The summed E-state index contributed by atoms with van der Waals surface area (Å²) in [5.74, 6) is 0.558. The van der Waals surface area contributed by atoms with Gasteiger partial charge in [0.25, 0.3) is 0 Å². The minimum atomic E-state index is -0.231. The summed E-state index contributed by atoms with van der Waals surface area (Å²) in [6.45, 7) is 8.82. The summed E-state index contributed by atoms with van der Waals surface area (Å²) in [6, 6.07) is 6.39. The molecule has 128 valence electrons. The van der Waals surface area contributed by atoms with Gasteiger partial charge in [0.1, 0.15) is 0 Å². The fourth-order valence-corrected chi connectivity index (χ4v) is 2.73. The molecule has 0 spiro atoms. The lowest BCUT2D eigenvalue weighted by Gasteiger charge is -2.21. The molecule has 1 aromatic carbocycles. The molecule has 0 aromatic heterocycles. The molecular weight excluding hydrogens is 308 g/mol. The van der Waals surface area contributed by atoms with E-state index in [0.717, 1.165) is 0 Å². The number of hydrogen-bond donors (Lipinski definition) is 3. The van der Waals surface area contributed by atoms with Crippen LogP contribution in [0.15, 0.2) is 28.1 Å². The molecule has 3 N–H and O–H groups in total. The normalized spacial score (nSPS) is 12.0. The highest BCUT2D eigenvalue weighted by Crippen LogP contribution is 2.21. The van der Waals surface area contributed by atoms with E-state index in [1.165, 1.54) is 16.0 Å². The van der Waals surface area contributed by atoms with Crippen LogP contribution in [0.3, 0.4) is 0 Å². The van der Waals surface area contributed by atoms with Gasteiger partial charge in [-0.3, -0.25) is 9.79 Å². The zero-order valence-electron chi connectivity index (χ0n) is 14.9. The van der Waals surface area contributed by atoms with Crippen LogP contribution in [-0.4, -0.2) is 37.3 Å². The van der Waals surface area contributed by atoms with Gasteiger partial charge in [0.05, 0.1) is 6.54 Å². The third kappa shape index (κ3) is 7.41. The molecule has 0 bridgehead atoms. The summed E-state index contributed by atoms with van der Waals surface area (Å²) in [5, 5.41) is 9.18. The number of rotatable bonds is 5. The molecule has 1 rings (SSSR count). The maximum Gasteiger partial charge on any atom is 0.239 e. The second kappa shape index (κ2) is 8.82. The van der Waals surface area contributed by atoms with E-state index in [0.29, 0.717) is 12.5 Å². The predicted octanol–water partition coefficient (Wildman–Crippen LogP) is 2.30. The monoisotopic (exact) mass is 336 g/mol. The molecule has 1 aromatic rings. The first-order chi connectivity index (χ1) is 10.7. The third-order valence-electron chi connectivity index (χ3n) is 3.04. The van der Waals surface area contributed by atoms with Crippen molar-refractivity contribution in [2.75, 3.05) is 19.8 Å². The van der Waals surface area contributed by atoms with Gasteiger partial charge in [0.15, 0.2) is 5.96 Å². The van der Waals surface area contributed by atoms with Crippen LogP contribution in [0.25, 0.3) is 0 Å². The molecular formula is C17H28N4OS. The predicted molar refractivity (Wildman–Crippen MR) is 99.1 cm³/mol. The van der Waals surface area contributed by atoms with E-state index in [1.807, 2.05) is 20.8 Å². The Bertz CT molecular complexity index is 564. The Hall–Kier alpha value is -1.69. The fraction of sp³-hybridized carbons (Fsp3) is 0.529. The van der Waals surface area contributed by atoms with Crippen LogP contribution in [0.2, 0.25) is 0 Å². The molecule has 0 heterocycles. The van der Waals surface area contributed by atoms with E-state index >= 15 is 0 Å². The molecule has 0 saturated heterocycles. The number of guanidine groups is 1. The maximum atomic E-state index is 11.8. The van der Waals surface area contributed by atoms with Gasteiger partial charge in [-0.05, 0) is 51.1 Å². The van der Waals surface area contributed by atoms with Gasteiger partial charge < -0.3 is 16.0 Å². The number of aryl methyl sites for hydroxylation is 1. The van der Waals surface area contributed by atoms with Gasteiger partial charge in [-0.1, -0.05) is 12.1 Å². The number of carbonyl (C=O) groups is 1. The van der Waals surface area contributed by atoms with Crippen molar-refractivity contribution in [1.82, 2.24) is 16.0 Å². The lowest BCUT2D eigenvalue weighted by atomic mass is 10.1. The average Bonchev–Trinajstić information content (AvgIpc) is 2.46. The first-order valence-corrected chi connectivity index (χ1v) is 8.86. The van der Waals surface area contributed by atoms with Crippen molar-refractivity contribution in [3.05, 3.63) is 29.3 Å². The van der Waals surface area contributed by atoms with Crippen molar-refractivity contribution in [2.24, 2.45) is 4.99 Å². The summed E-state index contributed by atoms with van der Waals surface area (Å²) in [5.41, 5.74) is 2.23. The van der Waals surface area contributed by atoms with Gasteiger partial charge in [-0.15, -0.1) is 11.8 Å². The molecule has 0 unspecified atom stereocenters. The summed E-state index contributed by atoms with van der Waals surface area (Å²) in [6.07, 6.45) is 2.07. The quantitative estimate of drug-likeness (QED) is 0.438. The summed E-state index contributed by atoms with van der Waals surface area (Å²) < 4.78 is 0. The smallest absolute Gasteiger partial charge is 0.239 e. The lowest BCUT2D eigenvalue weighted by molar-refractivity contribution is -0.121. The van der Waals surface area contributed by atoms with Gasteiger partial charge in [0, 0.05) is 24.0 Å². The first kappa shape index (κ1) is 19.4. The zero-order chi connectivity index (χ0) is 17.5. The molecule has 0 aliphatic heterocycles. The Balaban J connectivity index is 2.54. The van der Waals surface area contributed by atoms with E-state index in [2.05, 4.69) is 52.3 Å². The SMILES string of the molecule is CN=C(NCC(=O)NC(C)(C)C)NCc1ccc(C)cc1SC. The number of nitrogens with zero attached hydrogens (tertiary/aromatic N) is 1. The van der Waals surface area contributed by atoms with Crippen LogP contribution < -0.4 is 16.0 Å². The summed E-state index contributed by atoms with van der Waals surface area (Å²) in [7, 11) is 1.70. The molecule has 5 nitrogen and oxygen atoms in total. The van der Waals surface area contributed by atoms with Crippen molar-refractivity contribution < 1.29 is 4.79 Å². The van der Waals surface area contributed by atoms with E-state index in [1.54, 1.807) is 18.8 Å². The first-order valence-electron chi connectivity index (χ1n) is 7.64. The van der Waals surface area contributed by atoms with Gasteiger partial charge in [-0.25, -0.2) is 0 Å². The second-order valence-electron chi connectivity index (χ2n) is 6.39. The highest BCUT2D eigenvalue weighted by Gasteiger charge is 2.13. The zero-order valence-corrected chi connectivity index (χ0v) is 15.7. The Morgan fingerprint density at radius 2 is 1.96 bits per heavy atom. The van der Waals surface area contributed by atoms with Crippen LogP contribution in [0, 0.1) is 6.92 Å². The van der Waals surface area contributed by atoms with Crippen LogP contribution in [0.5, 0.6) is 0 Å². The largest absolute Gasteiger partial charge is 0.352 e. The summed E-state index contributed by atoms with van der Waals surface area (Å²) >= 11 is 1.73. The molecule has 0 atom stereocenters. The summed E-state index contributed by atoms with van der Waals surface area (Å²) in [4.78, 5) is 17.2. The molecule has 6 heteroatoms. The average molecular weight is 337 g/mol. The van der Waals surface area contributed by atoms with Crippen LogP contribution >= 0.6 is 11.8 Å². The number of benzene rings is 1. The van der Waals surface area contributed by atoms with E-state index in [9.17, 15) is 4.79 Å². The van der Waals surface area contributed by atoms with E-state index < -0.39 is 0 Å². The van der Waals surface area contributed by atoms with E-state index in [4.69, 9.17) is 0 Å². The van der Waals surface area contributed by atoms with Crippen molar-refractivity contribution in [2.45, 2.75) is 44.7 Å². The Kier molecular flexibility index (Phi) is 7.42. The van der Waals surface area contributed by atoms with Crippen molar-refractivity contribution in [1.29, 1.82) is 0 Å². The number of carbonyl (C=O) groups excluding carboxylic acids is 1. The number of thioether (sulfide) groups is 1. The number of amides is 1. The highest BCUT2D eigenvalue weighted by atomic mass is 32.2. The standard InChI is InChI=1S/C17H28N4OS/c1-12-7-8-13(14(9-12)23-6)10-19-16(18-5)20-11-15(22)21-17(2,3)4/h7-9H,10-11H2,1-6H3,(H,21,22)(H2,18,19,20). The van der Waals surface area contributed by atoms with Crippen molar-refractivity contribution >= 4 is 23.6 Å². The minimum absolute atomic E-state index is 0.0550. The van der Waals surface area contributed by atoms with Gasteiger partial charge in [-0.2, -0.15) is 0 Å². The maximum absolute atomic E-state index is 11.8. The number of aliphatic imine (C=N–C) groups is 1. The van der Waals surface area contributed by atoms with Crippen LogP contribution in [0.4, 0.5) is 0 Å². The van der Waals surface area contributed by atoms with Crippen molar-refractivity contribution in [3.63, 3.8) is 0 Å². The molecule has 0 aliphatic carbocycles. The minimum Gasteiger partial charge on any atom is -0.352 e. The van der Waals surface area contributed by atoms with Gasteiger partial charge >= 0.3 is 0 Å². The molecule has 0 fully saturated rings. The molecule has 0 saturated carbocycles. The fourth-order valence-electron chi connectivity index (χ4n) is 2.02. The lowest BCUT2D eigenvalue weighted by Crippen LogP contribution is -2.48. The Morgan fingerprint density at radius 3 is 2.52 bits per heavy atom. The van der Waals surface area contributed by atoms with Gasteiger partial charge in [0.2, 0.25) is 5.91 Å².